The van der Waals surface area contributed by atoms with Crippen LogP contribution in [0, 0.1) is 0 Å². The van der Waals surface area contributed by atoms with Crippen LogP contribution in [0.25, 0.3) is 0 Å². The van der Waals surface area contributed by atoms with Crippen molar-refractivity contribution in [2.45, 2.75) is 25.8 Å². The third-order valence-electron chi connectivity index (χ3n) is 3.07. The molecule has 1 aliphatic rings. The molecular weight excluding hydrogens is 258 g/mol. The summed E-state index contributed by atoms with van der Waals surface area (Å²) in [5.74, 6) is 0. The predicted molar refractivity (Wildman–Crippen MR) is 66.7 cm³/mol. The summed E-state index contributed by atoms with van der Waals surface area (Å²) in [5, 5.41) is 3.95. The van der Waals surface area contributed by atoms with Gasteiger partial charge in [0, 0.05) is 23.3 Å². The zero-order valence-corrected chi connectivity index (χ0v) is 10.6. The highest BCUT2D eigenvalue weighted by Gasteiger charge is 2.17. The summed E-state index contributed by atoms with van der Waals surface area (Å²) in [6, 6.07) is 3.56. The van der Waals surface area contributed by atoms with E-state index < -0.39 is 0 Å². The van der Waals surface area contributed by atoms with Gasteiger partial charge in [-0.25, -0.2) is 0 Å². The van der Waals surface area contributed by atoms with Crippen LogP contribution in [0.2, 0.25) is 4.34 Å². The topological polar surface area (TPSA) is 47.8 Å². The number of hydrogen-bond acceptors (Lipinski definition) is 4. The van der Waals surface area contributed by atoms with Crippen molar-refractivity contribution in [2.24, 2.45) is 0 Å². The van der Waals surface area contributed by atoms with Gasteiger partial charge >= 0.3 is 0 Å². The zero-order valence-electron chi connectivity index (χ0n) is 9.02. The van der Waals surface area contributed by atoms with Crippen molar-refractivity contribution in [3.8, 4) is 0 Å². The van der Waals surface area contributed by atoms with Gasteiger partial charge in [0.05, 0.1) is 6.54 Å². The average Bonchev–Trinajstić information content (AvgIpc) is 2.92. The lowest BCUT2D eigenvalue weighted by Crippen LogP contribution is -2.23. The number of aryl methyl sites for hydroxylation is 1. The Morgan fingerprint density at radius 1 is 1.41 bits per heavy atom. The van der Waals surface area contributed by atoms with Gasteiger partial charge in [0.25, 0.3) is 5.56 Å². The Morgan fingerprint density at radius 3 is 3.06 bits per heavy atom. The molecule has 0 N–H and O–H groups in total. The van der Waals surface area contributed by atoms with E-state index in [0.717, 1.165) is 36.5 Å². The monoisotopic (exact) mass is 267 g/mol. The highest BCUT2D eigenvalue weighted by Crippen LogP contribution is 2.22. The van der Waals surface area contributed by atoms with Crippen molar-refractivity contribution >= 4 is 23.1 Å². The Kier molecular flexibility index (Phi) is 2.72. The molecule has 0 saturated heterocycles. The second-order valence-electron chi connectivity index (χ2n) is 4.08. The fraction of sp³-hybridized carbons (Fsp3) is 0.364. The van der Waals surface area contributed by atoms with Gasteiger partial charge in [0.1, 0.15) is 10.0 Å². The lowest BCUT2D eigenvalue weighted by atomic mass is 10.2. The predicted octanol–water partition coefficient (Wildman–Crippen LogP) is 1.89. The van der Waals surface area contributed by atoms with Gasteiger partial charge in [0.15, 0.2) is 0 Å². The van der Waals surface area contributed by atoms with E-state index in [1.807, 2.05) is 6.07 Å². The normalized spacial score (nSPS) is 13.9. The quantitative estimate of drug-likeness (QED) is 0.835. The molecule has 0 amide bonds. The van der Waals surface area contributed by atoms with E-state index in [1.54, 1.807) is 10.6 Å². The van der Waals surface area contributed by atoms with Crippen molar-refractivity contribution in [1.82, 2.24) is 14.2 Å². The molecule has 0 aromatic carbocycles. The van der Waals surface area contributed by atoms with Gasteiger partial charge in [-0.15, -0.1) is 5.10 Å². The molecule has 0 fully saturated rings. The maximum Gasteiger partial charge on any atom is 0.251 e. The van der Waals surface area contributed by atoms with Gasteiger partial charge in [-0.3, -0.25) is 4.79 Å². The fourth-order valence-electron chi connectivity index (χ4n) is 2.25. The first kappa shape index (κ1) is 10.9. The summed E-state index contributed by atoms with van der Waals surface area (Å²) < 4.78 is 6.12. The minimum atomic E-state index is 0.00900. The maximum absolute atomic E-state index is 11.9. The summed E-state index contributed by atoms with van der Waals surface area (Å²) in [4.78, 5) is 11.9. The minimum absolute atomic E-state index is 0.00900. The first-order chi connectivity index (χ1) is 8.25. The summed E-state index contributed by atoms with van der Waals surface area (Å²) in [5.41, 5.74) is 3.08. The van der Waals surface area contributed by atoms with Gasteiger partial charge in [-0.2, -0.15) is 0 Å². The Labute approximate surface area is 107 Å². The van der Waals surface area contributed by atoms with E-state index in [0.29, 0.717) is 16.6 Å². The molecule has 0 aliphatic heterocycles. The molecule has 0 saturated carbocycles. The molecule has 2 aromatic heterocycles. The van der Waals surface area contributed by atoms with E-state index >= 15 is 0 Å². The van der Waals surface area contributed by atoms with Crippen LogP contribution in [0.4, 0.5) is 0 Å². The van der Waals surface area contributed by atoms with Crippen molar-refractivity contribution < 1.29 is 0 Å². The molecular formula is C11H10ClN3OS. The summed E-state index contributed by atoms with van der Waals surface area (Å²) in [7, 11) is 0. The van der Waals surface area contributed by atoms with E-state index in [2.05, 4.69) is 9.59 Å². The number of aromatic nitrogens is 3. The summed E-state index contributed by atoms with van der Waals surface area (Å²) in [6.07, 6.45) is 3.13. The molecule has 3 rings (SSSR count). The second-order valence-corrected chi connectivity index (χ2v) is 5.43. The van der Waals surface area contributed by atoms with Crippen LogP contribution in [0.5, 0.6) is 0 Å². The van der Waals surface area contributed by atoms with Crippen molar-refractivity contribution in [3.63, 3.8) is 0 Å². The molecule has 1 aliphatic carbocycles. The molecule has 0 spiro atoms. The van der Waals surface area contributed by atoms with E-state index in [1.165, 1.54) is 5.56 Å². The molecule has 2 aromatic rings. The van der Waals surface area contributed by atoms with Crippen LogP contribution < -0.4 is 5.56 Å². The smallest absolute Gasteiger partial charge is 0.251 e. The standard InChI is InChI=1S/C11H10ClN3OS/c12-11-8(13-14-17-11)6-15-9-3-1-2-7(9)4-5-10(15)16/h4-5H,1-3,6H2. The number of nitrogens with zero attached hydrogens (tertiary/aromatic N) is 3. The van der Waals surface area contributed by atoms with Gasteiger partial charge in [0.2, 0.25) is 0 Å². The lowest BCUT2D eigenvalue weighted by Gasteiger charge is -2.10. The number of rotatable bonds is 2. The van der Waals surface area contributed by atoms with E-state index in [-0.39, 0.29) is 5.56 Å². The second kappa shape index (κ2) is 4.23. The molecule has 2 heterocycles. The lowest BCUT2D eigenvalue weighted by molar-refractivity contribution is 0.691. The zero-order chi connectivity index (χ0) is 11.8. The molecule has 4 nitrogen and oxygen atoms in total. The largest absolute Gasteiger partial charge is 0.306 e. The SMILES string of the molecule is O=c1ccc2c(n1Cc1nnsc1Cl)CCC2. The highest BCUT2D eigenvalue weighted by molar-refractivity contribution is 7.10. The van der Waals surface area contributed by atoms with E-state index in [4.69, 9.17) is 11.6 Å². The number of halogens is 1. The third kappa shape index (κ3) is 1.89. The van der Waals surface area contributed by atoms with Crippen LogP contribution in [0.1, 0.15) is 23.4 Å². The Morgan fingerprint density at radius 2 is 2.29 bits per heavy atom. The molecule has 0 bridgehead atoms. The number of pyridine rings is 1. The molecule has 0 atom stereocenters. The van der Waals surface area contributed by atoms with Gasteiger partial charge < -0.3 is 4.57 Å². The van der Waals surface area contributed by atoms with Crippen LogP contribution in [-0.2, 0) is 19.4 Å². The molecule has 17 heavy (non-hydrogen) atoms. The number of hydrogen-bond donors (Lipinski definition) is 0. The molecule has 0 unspecified atom stereocenters. The van der Waals surface area contributed by atoms with Crippen molar-refractivity contribution in [3.05, 3.63) is 43.8 Å². The molecule has 0 radical (unpaired) electrons. The van der Waals surface area contributed by atoms with Gasteiger partial charge in [-0.1, -0.05) is 22.2 Å². The van der Waals surface area contributed by atoms with E-state index in [9.17, 15) is 4.79 Å². The first-order valence-electron chi connectivity index (χ1n) is 5.44. The summed E-state index contributed by atoms with van der Waals surface area (Å²) in [6.45, 7) is 0.428. The van der Waals surface area contributed by atoms with Crippen LogP contribution in [-0.4, -0.2) is 14.2 Å². The van der Waals surface area contributed by atoms with Gasteiger partial charge in [-0.05, 0) is 24.8 Å². The van der Waals surface area contributed by atoms with Crippen molar-refractivity contribution in [2.75, 3.05) is 0 Å². The van der Waals surface area contributed by atoms with Crippen LogP contribution in [0.3, 0.4) is 0 Å². The molecule has 88 valence electrons. The Hall–Kier alpha value is -1.20. The van der Waals surface area contributed by atoms with Crippen LogP contribution >= 0.6 is 23.1 Å². The highest BCUT2D eigenvalue weighted by atomic mass is 35.5. The van der Waals surface area contributed by atoms with Crippen LogP contribution in [0.15, 0.2) is 16.9 Å². The first-order valence-corrected chi connectivity index (χ1v) is 6.59. The minimum Gasteiger partial charge on any atom is -0.306 e. The Balaban J connectivity index is 2.07. The summed E-state index contributed by atoms with van der Waals surface area (Å²) >= 11 is 7.12. The third-order valence-corrected chi connectivity index (χ3v) is 4.05. The average molecular weight is 268 g/mol. The maximum atomic E-state index is 11.9. The van der Waals surface area contributed by atoms with Crippen molar-refractivity contribution in [1.29, 1.82) is 0 Å². The fourth-order valence-corrected chi connectivity index (χ4v) is 2.86. The number of fused-ring (bicyclic) bond motifs is 1. The Bertz CT molecular complexity index is 619. The molecule has 6 heteroatoms.